The van der Waals surface area contributed by atoms with Crippen molar-refractivity contribution in [1.82, 2.24) is 0 Å². The summed E-state index contributed by atoms with van der Waals surface area (Å²) in [6.07, 6.45) is 1.37. The summed E-state index contributed by atoms with van der Waals surface area (Å²) in [4.78, 5) is 0.343. The van der Waals surface area contributed by atoms with Crippen LogP contribution in [-0.2, 0) is 14.6 Å². The molecule has 1 aromatic carbocycles. The molecule has 0 aromatic heterocycles. The van der Waals surface area contributed by atoms with E-state index in [0.717, 1.165) is 6.42 Å². The zero-order valence-corrected chi connectivity index (χ0v) is 11.0. The zero-order valence-electron chi connectivity index (χ0n) is 10.2. The highest BCUT2D eigenvalue weighted by Gasteiger charge is 2.13. The highest BCUT2D eigenvalue weighted by Crippen LogP contribution is 2.17. The van der Waals surface area contributed by atoms with Crippen LogP contribution in [-0.4, -0.2) is 35.0 Å². The van der Waals surface area contributed by atoms with Crippen molar-refractivity contribution in [2.75, 3.05) is 26.6 Å². The minimum absolute atomic E-state index is 0.155. The van der Waals surface area contributed by atoms with Crippen molar-refractivity contribution in [3.05, 3.63) is 24.3 Å². The maximum atomic E-state index is 11.9. The zero-order chi connectivity index (χ0) is 12.7. The molecule has 0 spiro atoms. The van der Waals surface area contributed by atoms with E-state index in [0.29, 0.717) is 23.7 Å². The van der Waals surface area contributed by atoms with Crippen LogP contribution in [0.5, 0.6) is 5.75 Å². The monoisotopic (exact) mass is 258 g/mol. The van der Waals surface area contributed by atoms with Gasteiger partial charge in [0.05, 0.1) is 17.8 Å². The molecule has 5 heteroatoms. The largest absolute Gasteiger partial charge is 0.497 e. The van der Waals surface area contributed by atoms with Gasteiger partial charge in [-0.15, -0.1) is 0 Å². The molecule has 4 nitrogen and oxygen atoms in total. The van der Waals surface area contributed by atoms with Gasteiger partial charge in [0.2, 0.25) is 0 Å². The Morgan fingerprint density at radius 3 is 2.24 bits per heavy atom. The summed E-state index contributed by atoms with van der Waals surface area (Å²) in [5.74, 6) is 0.811. The maximum Gasteiger partial charge on any atom is 0.178 e. The number of sulfone groups is 1. The third-order valence-corrected chi connectivity index (χ3v) is 4.25. The fourth-order valence-electron chi connectivity index (χ4n) is 1.44. The molecule has 0 saturated heterocycles. The fraction of sp³-hybridized carbons (Fsp3) is 0.500. The van der Waals surface area contributed by atoms with Gasteiger partial charge in [0, 0.05) is 13.7 Å². The number of hydrogen-bond donors (Lipinski definition) is 0. The Balaban J connectivity index is 2.62. The Hall–Kier alpha value is -1.07. The molecule has 0 radical (unpaired) electrons. The molecule has 0 unspecified atom stereocenters. The van der Waals surface area contributed by atoms with Crippen LogP contribution in [0.15, 0.2) is 29.2 Å². The van der Waals surface area contributed by atoms with Gasteiger partial charge in [-0.05, 0) is 37.1 Å². The molecule has 0 bridgehead atoms. The molecule has 1 rings (SSSR count). The molecule has 0 heterocycles. The minimum atomic E-state index is -3.18. The van der Waals surface area contributed by atoms with Gasteiger partial charge in [0.1, 0.15) is 5.75 Å². The molecule has 0 saturated carbocycles. The molecule has 0 fully saturated rings. The first-order valence-corrected chi connectivity index (χ1v) is 7.11. The van der Waals surface area contributed by atoms with Crippen LogP contribution in [0.3, 0.4) is 0 Å². The normalized spacial score (nSPS) is 11.4. The van der Waals surface area contributed by atoms with E-state index in [2.05, 4.69) is 0 Å². The lowest BCUT2D eigenvalue weighted by atomic mass is 10.3. The quantitative estimate of drug-likeness (QED) is 0.701. The molecule has 0 aliphatic heterocycles. The second kappa shape index (κ2) is 6.61. The van der Waals surface area contributed by atoms with Crippen LogP contribution in [0.4, 0.5) is 0 Å². The van der Waals surface area contributed by atoms with E-state index in [-0.39, 0.29) is 5.75 Å². The number of methoxy groups -OCH3 is 2. The van der Waals surface area contributed by atoms with Crippen molar-refractivity contribution in [3.63, 3.8) is 0 Å². The van der Waals surface area contributed by atoms with Gasteiger partial charge in [-0.25, -0.2) is 8.42 Å². The fourth-order valence-corrected chi connectivity index (χ4v) is 2.81. The molecule has 0 amide bonds. The molecular formula is C12H18O4S. The number of rotatable bonds is 7. The molecule has 0 aliphatic rings. The highest BCUT2D eigenvalue weighted by molar-refractivity contribution is 7.91. The van der Waals surface area contributed by atoms with Gasteiger partial charge in [0.25, 0.3) is 0 Å². The lowest BCUT2D eigenvalue weighted by molar-refractivity contribution is 0.194. The molecule has 0 aliphatic carbocycles. The topological polar surface area (TPSA) is 52.6 Å². The summed E-state index contributed by atoms with van der Waals surface area (Å²) in [5, 5.41) is 0. The number of unbranched alkanes of at least 4 members (excludes halogenated alkanes) is 1. The summed E-state index contributed by atoms with van der Waals surface area (Å²) < 4.78 is 33.7. The average Bonchev–Trinajstić information content (AvgIpc) is 2.35. The summed E-state index contributed by atoms with van der Waals surface area (Å²) in [7, 11) is -0.0179. The SMILES string of the molecule is COCCCCS(=O)(=O)c1ccc(OC)cc1. The first-order chi connectivity index (χ1) is 8.10. The first kappa shape index (κ1) is 14.0. The van der Waals surface area contributed by atoms with Crippen LogP contribution in [0.1, 0.15) is 12.8 Å². The van der Waals surface area contributed by atoms with Gasteiger partial charge < -0.3 is 9.47 Å². The highest BCUT2D eigenvalue weighted by atomic mass is 32.2. The second-order valence-corrected chi connectivity index (χ2v) is 5.80. The van der Waals surface area contributed by atoms with E-state index in [4.69, 9.17) is 9.47 Å². The predicted molar refractivity (Wildman–Crippen MR) is 66.2 cm³/mol. The van der Waals surface area contributed by atoms with Crippen molar-refractivity contribution in [1.29, 1.82) is 0 Å². The molecule has 96 valence electrons. The van der Waals surface area contributed by atoms with Gasteiger partial charge in [-0.2, -0.15) is 0 Å². The van der Waals surface area contributed by atoms with Crippen LogP contribution < -0.4 is 4.74 Å². The van der Waals surface area contributed by atoms with Gasteiger partial charge in [-0.3, -0.25) is 0 Å². The molecular weight excluding hydrogens is 240 g/mol. The van der Waals surface area contributed by atoms with E-state index in [1.54, 1.807) is 38.5 Å². The van der Waals surface area contributed by atoms with Crippen molar-refractivity contribution in [3.8, 4) is 5.75 Å². The standard InChI is InChI=1S/C12H18O4S/c1-15-9-3-4-10-17(13,14)12-7-5-11(16-2)6-8-12/h5-8H,3-4,9-10H2,1-2H3. The van der Waals surface area contributed by atoms with Crippen LogP contribution in [0.2, 0.25) is 0 Å². The smallest absolute Gasteiger partial charge is 0.178 e. The van der Waals surface area contributed by atoms with Crippen LogP contribution in [0.25, 0.3) is 0 Å². The molecule has 0 N–H and O–H groups in total. The number of ether oxygens (including phenoxy) is 2. The summed E-state index contributed by atoms with van der Waals surface area (Å²) in [6, 6.07) is 6.46. The number of benzene rings is 1. The summed E-state index contributed by atoms with van der Waals surface area (Å²) in [6.45, 7) is 0.595. The number of hydrogen-bond acceptors (Lipinski definition) is 4. The third-order valence-electron chi connectivity index (χ3n) is 2.43. The van der Waals surface area contributed by atoms with Gasteiger partial charge in [-0.1, -0.05) is 0 Å². The van der Waals surface area contributed by atoms with Crippen molar-refractivity contribution < 1.29 is 17.9 Å². The first-order valence-electron chi connectivity index (χ1n) is 5.46. The maximum absolute atomic E-state index is 11.9. The Kier molecular flexibility index (Phi) is 5.44. The van der Waals surface area contributed by atoms with E-state index >= 15 is 0 Å². The molecule has 1 aromatic rings. The van der Waals surface area contributed by atoms with Crippen molar-refractivity contribution in [2.24, 2.45) is 0 Å². The second-order valence-electron chi connectivity index (χ2n) is 3.69. The summed E-state index contributed by atoms with van der Waals surface area (Å²) >= 11 is 0. The lowest BCUT2D eigenvalue weighted by Crippen LogP contribution is -2.07. The summed E-state index contributed by atoms with van der Waals surface area (Å²) in [5.41, 5.74) is 0. The van der Waals surface area contributed by atoms with Crippen LogP contribution >= 0.6 is 0 Å². The lowest BCUT2D eigenvalue weighted by Gasteiger charge is -2.05. The van der Waals surface area contributed by atoms with Crippen LogP contribution in [0, 0.1) is 0 Å². The molecule has 0 atom stereocenters. The van der Waals surface area contributed by atoms with Crippen molar-refractivity contribution in [2.45, 2.75) is 17.7 Å². The Morgan fingerprint density at radius 2 is 1.71 bits per heavy atom. The van der Waals surface area contributed by atoms with Gasteiger partial charge in [0.15, 0.2) is 9.84 Å². The third kappa shape index (κ3) is 4.36. The Labute approximate surface area is 102 Å². The minimum Gasteiger partial charge on any atom is -0.497 e. The van der Waals surface area contributed by atoms with E-state index in [9.17, 15) is 8.42 Å². The molecule has 17 heavy (non-hydrogen) atoms. The van der Waals surface area contributed by atoms with E-state index < -0.39 is 9.84 Å². The Morgan fingerprint density at radius 1 is 1.06 bits per heavy atom. The Bertz CT molecular complexity index is 422. The van der Waals surface area contributed by atoms with Gasteiger partial charge >= 0.3 is 0 Å². The predicted octanol–water partition coefficient (Wildman–Crippen LogP) is 1.90. The van der Waals surface area contributed by atoms with Crippen molar-refractivity contribution >= 4 is 9.84 Å². The van der Waals surface area contributed by atoms with E-state index in [1.165, 1.54) is 0 Å². The average molecular weight is 258 g/mol. The van der Waals surface area contributed by atoms with E-state index in [1.807, 2.05) is 0 Å².